The van der Waals surface area contributed by atoms with E-state index < -0.39 is 111 Å². The van der Waals surface area contributed by atoms with Crippen LogP contribution < -0.4 is 177 Å². The van der Waals surface area contributed by atoms with E-state index in [4.69, 9.17) is 69.2 Å². The summed E-state index contributed by atoms with van der Waals surface area (Å²) in [5, 5.41) is 40.4. The van der Waals surface area contributed by atoms with Gasteiger partial charge >= 0.3 is 177 Å². The van der Waals surface area contributed by atoms with E-state index in [-0.39, 0.29) is 177 Å². The fraction of sp³-hybridized carbons (Fsp3) is 0.800. The summed E-state index contributed by atoms with van der Waals surface area (Å²) in [7, 11) is -14.5. The van der Waals surface area contributed by atoms with E-state index in [0.717, 1.165) is 19.4 Å². The van der Waals surface area contributed by atoms with Gasteiger partial charge in [-0.2, -0.15) is 13.2 Å². The summed E-state index contributed by atoms with van der Waals surface area (Å²) in [5.74, 6) is -0.853. The standard InChI is InChI=1S/C20H32NO13S.6Na.2H2O4S/c1-2-4-29-15-7-11(23)14(9-31-15)33-20-17(21)18(25)19(13(32-20)3-5-35(26,27)28)34-16-6-10(22)12(24)8-30-16;;;;;;;2*1-5(2,3)4/h6-25H,2-5H2,1H3,(H,26,27,28);;;;;;;2*(H2,1,2,3,4)/q-5;6*+1;;/p-3/t10-,11-,12+,13?,14+,15+,16-,17?,18+,19+,20-;;;;;;;;/m0......../s1. The summed E-state index contributed by atoms with van der Waals surface area (Å²) < 4.78 is 132. The summed E-state index contributed by atoms with van der Waals surface area (Å²) in [5.41, 5.74) is 8.34. The third-order valence-electron chi connectivity index (χ3n) is 5.49. The zero-order chi connectivity index (χ0) is 34.8. The Morgan fingerprint density at radius 3 is 1.65 bits per heavy atom. The van der Waals surface area contributed by atoms with Gasteiger partial charge in [-0.3, -0.25) is 9.11 Å². The van der Waals surface area contributed by atoms with E-state index in [1.807, 2.05) is 6.92 Å². The predicted octanol–water partition coefficient (Wildman–Crippen LogP) is -21.8. The smallest absolute Gasteiger partial charge is 0.748 e. The van der Waals surface area contributed by atoms with Crippen LogP contribution in [0.5, 0.6) is 0 Å². The summed E-state index contributed by atoms with van der Waals surface area (Å²) in [6, 6.07) is -1.49. The first kappa shape index (κ1) is 68.0. The zero-order valence-corrected chi connectivity index (χ0v) is 43.5. The van der Waals surface area contributed by atoms with Crippen molar-refractivity contribution in [3.05, 3.63) is 31.8 Å². The Morgan fingerprint density at radius 2 is 1.22 bits per heavy atom. The van der Waals surface area contributed by atoms with Crippen LogP contribution in [0.1, 0.15) is 19.8 Å². The third-order valence-corrected chi connectivity index (χ3v) is 6.22. The van der Waals surface area contributed by atoms with Crippen LogP contribution in [0.25, 0.3) is 5.73 Å². The van der Waals surface area contributed by atoms with Gasteiger partial charge in [0.15, 0.2) is 0 Å². The molecule has 3 heterocycles. The molecule has 11 atom stereocenters. The van der Waals surface area contributed by atoms with Gasteiger partial charge < -0.3 is 68.2 Å². The Bertz CT molecular complexity index is 1170. The van der Waals surface area contributed by atoms with Crippen LogP contribution in [0.15, 0.2) is 0 Å². The first-order valence-corrected chi connectivity index (χ1v) is 16.8. The second-order valence-electron chi connectivity index (χ2n) is 9.18. The van der Waals surface area contributed by atoms with E-state index >= 15 is 0 Å². The molecule has 0 radical (unpaired) electrons. The van der Waals surface area contributed by atoms with Gasteiger partial charge in [-0.25, -0.2) is 38.1 Å². The minimum absolute atomic E-state index is 0. The molecule has 3 rings (SSSR count). The fourth-order valence-corrected chi connectivity index (χ4v) is 4.16. The number of hydrogen-bond acceptors (Lipinski definition) is 19. The fourth-order valence-electron chi connectivity index (χ4n) is 3.64. The van der Waals surface area contributed by atoms with Crippen LogP contribution >= 0.6 is 0 Å². The molecule has 0 aromatic carbocycles. The number of aliphatic hydroxyl groups is 4. The Morgan fingerprint density at radius 1 is 0.745 bits per heavy atom. The Hall–Kier alpha value is 5.21. The Labute approximate surface area is 429 Å². The van der Waals surface area contributed by atoms with Crippen LogP contribution in [0.2, 0.25) is 0 Å². The zero-order valence-electron chi connectivity index (χ0n) is 29.0. The first-order valence-electron chi connectivity index (χ1n) is 12.5. The molecule has 3 aliphatic heterocycles. The van der Waals surface area contributed by atoms with Crippen molar-refractivity contribution in [1.82, 2.24) is 0 Å². The largest absolute Gasteiger partial charge is 1.00 e. The van der Waals surface area contributed by atoms with E-state index in [1.54, 1.807) is 0 Å². The molecule has 51 heavy (non-hydrogen) atoms. The average molecular weight is 858 g/mol. The van der Waals surface area contributed by atoms with Gasteiger partial charge in [-0.15, -0.1) is 0 Å². The molecule has 270 valence electrons. The Kier molecular flexibility index (Phi) is 43.9. The van der Waals surface area contributed by atoms with Crippen LogP contribution in [0.3, 0.4) is 0 Å². The summed E-state index contributed by atoms with van der Waals surface area (Å²) >= 11 is 0. The Balaban J connectivity index is -0.000000280. The number of rotatable bonds is 10. The molecule has 31 heteroatoms. The van der Waals surface area contributed by atoms with Crippen molar-refractivity contribution in [3.8, 4) is 0 Å². The van der Waals surface area contributed by atoms with E-state index in [0.29, 0.717) is 6.61 Å². The molecule has 0 aliphatic carbocycles. The van der Waals surface area contributed by atoms with Crippen molar-refractivity contribution >= 4 is 30.9 Å². The molecule has 0 bridgehead atoms. The normalized spacial score (nSPS) is 31.9. The second kappa shape index (κ2) is 32.9. The van der Waals surface area contributed by atoms with Gasteiger partial charge in [0.1, 0.15) is 12.4 Å². The summed E-state index contributed by atoms with van der Waals surface area (Å²) in [6.45, 7) is 4.39. The predicted molar refractivity (Wildman–Crippen MR) is 138 cm³/mol. The van der Waals surface area contributed by atoms with Crippen LogP contribution in [-0.4, -0.2) is 148 Å². The van der Waals surface area contributed by atoms with Gasteiger partial charge in [-0.1, -0.05) is 25.2 Å². The van der Waals surface area contributed by atoms with Crippen molar-refractivity contribution in [2.75, 3.05) is 12.4 Å². The molecule has 0 amide bonds. The maximum atomic E-state index is 11.2. The third kappa shape index (κ3) is 32.6. The van der Waals surface area contributed by atoms with Crippen LogP contribution in [0.4, 0.5) is 0 Å². The molecule has 3 fully saturated rings. The molecule has 22 nitrogen and oxygen atoms in total. The van der Waals surface area contributed by atoms with Gasteiger partial charge in [0.2, 0.25) is 20.8 Å². The molecule has 2 unspecified atom stereocenters. The molecular weight excluding hydrogens is 824 g/mol. The number of ether oxygens (including phenoxy) is 6. The van der Waals surface area contributed by atoms with Crippen LogP contribution in [0, 0.1) is 26.1 Å². The maximum Gasteiger partial charge on any atom is 1.00 e. The molecule has 0 spiro atoms. The van der Waals surface area contributed by atoms with Crippen LogP contribution in [-0.2, 0) is 59.3 Å². The minimum Gasteiger partial charge on any atom is -0.748 e. The first-order chi connectivity index (χ1) is 20.5. The topological polar surface area (TPSA) is 372 Å². The number of hydrogen-bond donors (Lipinski definition) is 6. The van der Waals surface area contributed by atoms with Gasteiger partial charge in [-0.05, 0) is 25.0 Å². The molecule has 3 saturated heterocycles. The van der Waals surface area contributed by atoms with Crippen molar-refractivity contribution in [3.63, 3.8) is 0 Å². The molecular formula is C20H33NNa6O21S3-2. The van der Waals surface area contributed by atoms with Crippen molar-refractivity contribution in [2.45, 2.75) is 87.4 Å². The molecule has 0 aromatic rings. The average Bonchev–Trinajstić information content (AvgIpc) is 2.87. The molecule has 7 N–H and O–H groups in total. The van der Waals surface area contributed by atoms with E-state index in [1.165, 1.54) is 13.0 Å². The SMILES string of the molecule is CCCO[C@H]1[CH-][C@H](O)[C@H](O[C@@H]2OC(CCS(=O)(=O)[O-])[C@@H](O[C@H]3[CH-][C@H](O)[C@H](O)[CH-]O3)[C@H](O)C2[NH-])[CH-]O1.O=S(=O)([O-])O.O=S(=O)([O-])O.[Na+].[Na+].[Na+].[Na+].[Na+].[Na+]. The van der Waals surface area contributed by atoms with Crippen molar-refractivity contribution in [2.24, 2.45) is 0 Å². The van der Waals surface area contributed by atoms with Gasteiger partial charge in [0.05, 0.1) is 22.3 Å². The van der Waals surface area contributed by atoms with Gasteiger partial charge in [0.25, 0.3) is 0 Å². The van der Waals surface area contributed by atoms with Crippen molar-refractivity contribution < 1.29 is 274 Å². The quantitative estimate of drug-likeness (QED) is 0.0514. The second-order valence-corrected chi connectivity index (χ2v) is 12.4. The molecule has 0 aromatic heterocycles. The monoisotopic (exact) mass is 857 g/mol. The molecule has 0 saturated carbocycles. The van der Waals surface area contributed by atoms with Gasteiger partial charge in [0, 0.05) is 24.9 Å². The minimum atomic E-state index is -4.92. The maximum absolute atomic E-state index is 11.2. The number of aliphatic hydroxyl groups excluding tert-OH is 4. The summed E-state index contributed by atoms with van der Waals surface area (Å²) in [6.07, 6.45) is -9.86. The summed E-state index contributed by atoms with van der Waals surface area (Å²) in [4.78, 5) is 0. The van der Waals surface area contributed by atoms with Crippen molar-refractivity contribution in [1.29, 1.82) is 0 Å². The van der Waals surface area contributed by atoms with E-state index in [2.05, 4.69) is 0 Å². The molecule has 3 aliphatic rings. The van der Waals surface area contributed by atoms with E-state index in [9.17, 15) is 33.4 Å². The number of nitrogens with one attached hydrogen (secondary N) is 1.